The summed E-state index contributed by atoms with van der Waals surface area (Å²) >= 11 is 3.46. The molecule has 2 aromatic rings. The minimum atomic E-state index is -0.0139. The number of hydrogen-bond donors (Lipinski definition) is 1. The molecular weight excluding hydrogens is 306 g/mol. The van der Waals surface area contributed by atoms with Crippen molar-refractivity contribution < 1.29 is 0 Å². The first-order valence-electron chi connectivity index (χ1n) is 6.26. The minimum Gasteiger partial charge on any atom is -0.304 e. The highest BCUT2D eigenvalue weighted by Gasteiger charge is 2.23. The standard InChI is InChI=1S/C13H18BrN5/c1-5-15-11(12-13(14)17-18-19(12)4)10-9(3)6-8(2)7-16-10/h6-7,11,15H,5H2,1-4H3. The second kappa shape index (κ2) is 5.79. The summed E-state index contributed by atoms with van der Waals surface area (Å²) in [6.07, 6.45) is 1.89. The zero-order chi connectivity index (χ0) is 14.0. The largest absolute Gasteiger partial charge is 0.304 e. The fourth-order valence-corrected chi connectivity index (χ4v) is 2.76. The van der Waals surface area contributed by atoms with Gasteiger partial charge in [0.15, 0.2) is 4.60 Å². The molecule has 0 aliphatic heterocycles. The molecule has 1 N–H and O–H groups in total. The van der Waals surface area contributed by atoms with E-state index in [0.717, 1.165) is 22.5 Å². The quantitative estimate of drug-likeness (QED) is 0.937. The summed E-state index contributed by atoms with van der Waals surface area (Å²) in [4.78, 5) is 4.58. The Bertz CT molecular complexity index is 559. The SMILES string of the molecule is CCNC(c1ncc(C)cc1C)c1c(Br)nnn1C. The average Bonchev–Trinajstić information content (AvgIpc) is 2.67. The van der Waals surface area contributed by atoms with Gasteiger partial charge < -0.3 is 5.32 Å². The molecule has 102 valence electrons. The Morgan fingerprint density at radius 1 is 1.42 bits per heavy atom. The number of nitrogens with zero attached hydrogens (tertiary/aromatic N) is 4. The highest BCUT2D eigenvalue weighted by molar-refractivity contribution is 9.10. The maximum atomic E-state index is 4.58. The molecule has 2 heterocycles. The maximum Gasteiger partial charge on any atom is 0.153 e. The van der Waals surface area contributed by atoms with Crippen LogP contribution in [0, 0.1) is 13.8 Å². The third-order valence-electron chi connectivity index (χ3n) is 3.04. The van der Waals surface area contributed by atoms with Gasteiger partial charge >= 0.3 is 0 Å². The van der Waals surface area contributed by atoms with Crippen LogP contribution in [0.5, 0.6) is 0 Å². The van der Waals surface area contributed by atoms with E-state index in [1.54, 1.807) is 4.68 Å². The lowest BCUT2D eigenvalue weighted by atomic mass is 10.0. The van der Waals surface area contributed by atoms with Crippen LogP contribution in [0.1, 0.15) is 35.5 Å². The fourth-order valence-electron chi connectivity index (χ4n) is 2.20. The van der Waals surface area contributed by atoms with Crippen molar-refractivity contribution in [2.45, 2.75) is 26.8 Å². The summed E-state index contributed by atoms with van der Waals surface area (Å²) in [6, 6.07) is 2.13. The van der Waals surface area contributed by atoms with Crippen molar-refractivity contribution in [1.82, 2.24) is 25.3 Å². The Morgan fingerprint density at radius 2 is 2.16 bits per heavy atom. The van der Waals surface area contributed by atoms with Crippen molar-refractivity contribution >= 4 is 15.9 Å². The van der Waals surface area contributed by atoms with Crippen molar-refractivity contribution in [3.05, 3.63) is 39.4 Å². The number of aryl methyl sites for hydroxylation is 3. The Morgan fingerprint density at radius 3 is 2.68 bits per heavy atom. The summed E-state index contributed by atoms with van der Waals surface area (Å²) in [5.74, 6) is 0. The highest BCUT2D eigenvalue weighted by Crippen LogP contribution is 2.27. The van der Waals surface area contributed by atoms with Gasteiger partial charge in [-0.25, -0.2) is 4.68 Å². The van der Waals surface area contributed by atoms with Crippen molar-refractivity contribution in [3.63, 3.8) is 0 Å². The Kier molecular flexibility index (Phi) is 4.31. The molecule has 2 rings (SSSR count). The van der Waals surface area contributed by atoms with Crippen molar-refractivity contribution in [3.8, 4) is 0 Å². The third-order valence-corrected chi connectivity index (χ3v) is 3.60. The Balaban J connectivity index is 2.51. The van der Waals surface area contributed by atoms with E-state index in [-0.39, 0.29) is 6.04 Å². The smallest absolute Gasteiger partial charge is 0.153 e. The molecule has 6 heteroatoms. The summed E-state index contributed by atoms with van der Waals surface area (Å²) in [5, 5.41) is 11.5. The van der Waals surface area contributed by atoms with Crippen LogP contribution in [0.25, 0.3) is 0 Å². The summed E-state index contributed by atoms with van der Waals surface area (Å²) in [5.41, 5.74) is 4.33. The molecule has 0 fully saturated rings. The Hall–Kier alpha value is -1.27. The van der Waals surface area contributed by atoms with E-state index < -0.39 is 0 Å². The van der Waals surface area contributed by atoms with E-state index in [1.807, 2.05) is 20.2 Å². The second-order valence-corrected chi connectivity index (χ2v) is 5.35. The predicted octanol–water partition coefficient (Wildman–Crippen LogP) is 2.29. The van der Waals surface area contributed by atoms with Gasteiger partial charge in [0.25, 0.3) is 0 Å². The topological polar surface area (TPSA) is 55.6 Å². The van der Waals surface area contributed by atoms with Gasteiger partial charge in [0.2, 0.25) is 0 Å². The van der Waals surface area contributed by atoms with E-state index in [0.29, 0.717) is 0 Å². The monoisotopic (exact) mass is 323 g/mol. The van der Waals surface area contributed by atoms with Gasteiger partial charge in [0.1, 0.15) is 0 Å². The molecule has 1 atom stereocenters. The predicted molar refractivity (Wildman–Crippen MR) is 77.9 cm³/mol. The summed E-state index contributed by atoms with van der Waals surface area (Å²) < 4.78 is 2.53. The van der Waals surface area contributed by atoms with E-state index >= 15 is 0 Å². The lowest BCUT2D eigenvalue weighted by Crippen LogP contribution is -2.26. The first-order chi connectivity index (χ1) is 9.04. The van der Waals surface area contributed by atoms with Crippen LogP contribution in [0.15, 0.2) is 16.9 Å². The van der Waals surface area contributed by atoms with E-state index in [1.165, 1.54) is 11.1 Å². The van der Waals surface area contributed by atoms with Crippen LogP contribution in [-0.4, -0.2) is 26.5 Å². The molecule has 0 aliphatic rings. The van der Waals surface area contributed by atoms with Gasteiger partial charge in [-0.2, -0.15) is 0 Å². The molecule has 0 saturated carbocycles. The summed E-state index contributed by atoms with van der Waals surface area (Å²) in [6.45, 7) is 7.05. The number of aromatic nitrogens is 4. The van der Waals surface area contributed by atoms with Gasteiger partial charge in [-0.1, -0.05) is 18.2 Å². The highest BCUT2D eigenvalue weighted by atomic mass is 79.9. The molecule has 0 aromatic carbocycles. The lowest BCUT2D eigenvalue weighted by Gasteiger charge is -2.19. The second-order valence-electron chi connectivity index (χ2n) is 4.59. The van der Waals surface area contributed by atoms with Gasteiger partial charge in [-0.15, -0.1) is 5.10 Å². The Labute approximate surface area is 121 Å². The zero-order valence-corrected chi connectivity index (χ0v) is 13.2. The first-order valence-corrected chi connectivity index (χ1v) is 7.05. The average molecular weight is 324 g/mol. The van der Waals surface area contributed by atoms with E-state index in [9.17, 15) is 0 Å². The van der Waals surface area contributed by atoms with Gasteiger partial charge in [0.05, 0.1) is 17.4 Å². The van der Waals surface area contributed by atoms with Gasteiger partial charge in [-0.05, 0) is 47.4 Å². The molecule has 0 spiro atoms. The fraction of sp³-hybridized carbons (Fsp3) is 0.462. The van der Waals surface area contributed by atoms with Crippen molar-refractivity contribution in [2.24, 2.45) is 7.05 Å². The van der Waals surface area contributed by atoms with Crippen molar-refractivity contribution in [2.75, 3.05) is 6.54 Å². The molecule has 0 bridgehead atoms. The minimum absolute atomic E-state index is 0.0139. The van der Waals surface area contributed by atoms with E-state index in [2.05, 4.69) is 56.5 Å². The van der Waals surface area contributed by atoms with Crippen LogP contribution in [0.2, 0.25) is 0 Å². The number of pyridine rings is 1. The molecule has 2 aromatic heterocycles. The number of hydrogen-bond acceptors (Lipinski definition) is 4. The number of nitrogens with one attached hydrogen (secondary N) is 1. The molecule has 1 unspecified atom stereocenters. The van der Waals surface area contributed by atoms with Crippen LogP contribution in [0.3, 0.4) is 0 Å². The maximum absolute atomic E-state index is 4.58. The number of rotatable bonds is 4. The molecular formula is C13H18BrN5. The van der Waals surface area contributed by atoms with Crippen LogP contribution in [-0.2, 0) is 7.05 Å². The van der Waals surface area contributed by atoms with Crippen LogP contribution >= 0.6 is 15.9 Å². The lowest BCUT2D eigenvalue weighted by molar-refractivity contribution is 0.554. The van der Waals surface area contributed by atoms with E-state index in [4.69, 9.17) is 0 Å². The molecule has 0 radical (unpaired) electrons. The summed E-state index contributed by atoms with van der Waals surface area (Å²) in [7, 11) is 1.89. The third kappa shape index (κ3) is 2.84. The molecule has 5 nitrogen and oxygen atoms in total. The molecule has 19 heavy (non-hydrogen) atoms. The van der Waals surface area contributed by atoms with Crippen LogP contribution < -0.4 is 5.32 Å². The first kappa shape index (κ1) is 14.1. The van der Waals surface area contributed by atoms with Crippen LogP contribution in [0.4, 0.5) is 0 Å². The molecule has 0 saturated heterocycles. The van der Waals surface area contributed by atoms with Gasteiger partial charge in [-0.3, -0.25) is 4.98 Å². The van der Waals surface area contributed by atoms with Crippen molar-refractivity contribution in [1.29, 1.82) is 0 Å². The normalized spacial score (nSPS) is 12.7. The molecule has 0 amide bonds. The molecule has 0 aliphatic carbocycles. The van der Waals surface area contributed by atoms with Gasteiger partial charge in [0, 0.05) is 13.2 Å². The zero-order valence-electron chi connectivity index (χ0n) is 11.6. The number of halogens is 1.